The first kappa shape index (κ1) is 18.1. The maximum Gasteiger partial charge on any atom is 0.342 e. The highest BCUT2D eigenvalue weighted by molar-refractivity contribution is 5.95. The van der Waals surface area contributed by atoms with Crippen molar-refractivity contribution >= 4 is 11.9 Å². The zero-order chi connectivity index (χ0) is 17.5. The smallest absolute Gasteiger partial charge is 0.342 e. The summed E-state index contributed by atoms with van der Waals surface area (Å²) in [6, 6.07) is 5.20. The number of hydrogen-bond acceptors (Lipinski definition) is 5. The van der Waals surface area contributed by atoms with E-state index in [-0.39, 0.29) is 24.1 Å². The van der Waals surface area contributed by atoms with E-state index in [1.807, 2.05) is 0 Å². The van der Waals surface area contributed by atoms with Crippen molar-refractivity contribution < 1.29 is 23.8 Å². The summed E-state index contributed by atoms with van der Waals surface area (Å²) in [5.74, 6) is -0.0380. The molecule has 132 valence electrons. The third-order valence-electron chi connectivity index (χ3n) is 4.47. The number of amides is 1. The van der Waals surface area contributed by atoms with E-state index in [2.05, 4.69) is 0 Å². The maximum atomic E-state index is 12.3. The van der Waals surface area contributed by atoms with E-state index in [4.69, 9.17) is 14.2 Å². The van der Waals surface area contributed by atoms with E-state index in [1.54, 1.807) is 30.1 Å². The second-order valence-electron chi connectivity index (χ2n) is 5.91. The van der Waals surface area contributed by atoms with Crippen LogP contribution in [0.2, 0.25) is 0 Å². The van der Waals surface area contributed by atoms with Crippen molar-refractivity contribution in [3.05, 3.63) is 23.8 Å². The Labute approximate surface area is 142 Å². The van der Waals surface area contributed by atoms with E-state index in [0.29, 0.717) is 11.5 Å². The van der Waals surface area contributed by atoms with Gasteiger partial charge in [-0.25, -0.2) is 4.79 Å². The first-order chi connectivity index (χ1) is 11.6. The van der Waals surface area contributed by atoms with E-state index in [9.17, 15) is 9.59 Å². The molecule has 1 saturated carbocycles. The number of esters is 1. The lowest BCUT2D eigenvalue weighted by molar-refractivity contribution is -0.135. The minimum absolute atomic E-state index is 0.183. The third kappa shape index (κ3) is 4.19. The molecule has 6 heteroatoms. The Morgan fingerprint density at radius 3 is 2.46 bits per heavy atom. The van der Waals surface area contributed by atoms with E-state index in [0.717, 1.165) is 25.7 Å². The Hall–Kier alpha value is -2.24. The van der Waals surface area contributed by atoms with E-state index in [1.165, 1.54) is 20.6 Å². The number of nitrogens with zero attached hydrogens (tertiary/aromatic N) is 1. The van der Waals surface area contributed by atoms with Crippen LogP contribution in [0, 0.1) is 0 Å². The molecule has 1 aliphatic rings. The summed E-state index contributed by atoms with van der Waals surface area (Å²) in [6.45, 7) is -0.272. The van der Waals surface area contributed by atoms with Crippen LogP contribution in [0.25, 0.3) is 0 Å². The molecule has 1 fully saturated rings. The van der Waals surface area contributed by atoms with Crippen LogP contribution < -0.4 is 9.47 Å². The number of carbonyl (C=O) groups excluding carboxylic acids is 2. The molecule has 0 saturated heterocycles. The average molecular weight is 335 g/mol. The lowest BCUT2D eigenvalue weighted by atomic mass is 9.94. The zero-order valence-corrected chi connectivity index (χ0v) is 14.5. The van der Waals surface area contributed by atoms with Gasteiger partial charge in [0.25, 0.3) is 5.91 Å². The summed E-state index contributed by atoms with van der Waals surface area (Å²) in [4.78, 5) is 26.2. The number of carbonyl (C=O) groups is 2. The Morgan fingerprint density at radius 2 is 1.83 bits per heavy atom. The predicted octanol–water partition coefficient (Wildman–Crippen LogP) is 2.65. The molecule has 6 nitrogen and oxygen atoms in total. The molecule has 0 spiro atoms. The number of benzene rings is 1. The number of para-hydroxylation sites is 1. The average Bonchev–Trinajstić information content (AvgIpc) is 2.64. The molecule has 1 aromatic carbocycles. The van der Waals surface area contributed by atoms with Crippen LogP contribution in [0.4, 0.5) is 0 Å². The molecule has 1 aromatic rings. The van der Waals surface area contributed by atoms with Gasteiger partial charge in [0.15, 0.2) is 18.1 Å². The second kappa shape index (κ2) is 8.57. The fourth-order valence-corrected chi connectivity index (χ4v) is 3.03. The number of hydrogen-bond donors (Lipinski definition) is 0. The zero-order valence-electron chi connectivity index (χ0n) is 14.5. The van der Waals surface area contributed by atoms with Gasteiger partial charge in [-0.2, -0.15) is 0 Å². The van der Waals surface area contributed by atoms with Gasteiger partial charge < -0.3 is 19.1 Å². The minimum atomic E-state index is -0.601. The van der Waals surface area contributed by atoms with Crippen molar-refractivity contribution in [2.75, 3.05) is 27.9 Å². The number of likely N-dealkylation sites (N-methyl/N-ethyl adjacent to an activating group) is 1. The molecule has 0 bridgehead atoms. The maximum absolute atomic E-state index is 12.3. The predicted molar refractivity (Wildman–Crippen MR) is 89.5 cm³/mol. The topological polar surface area (TPSA) is 65.1 Å². The van der Waals surface area contributed by atoms with Crippen LogP contribution in [0.15, 0.2) is 18.2 Å². The fourth-order valence-electron chi connectivity index (χ4n) is 3.03. The summed E-state index contributed by atoms with van der Waals surface area (Å²) in [5, 5.41) is 0. The van der Waals surface area contributed by atoms with Crippen molar-refractivity contribution in [1.82, 2.24) is 4.90 Å². The Kier molecular flexibility index (Phi) is 6.46. The lowest BCUT2D eigenvalue weighted by Gasteiger charge is -2.31. The van der Waals surface area contributed by atoms with Gasteiger partial charge >= 0.3 is 5.97 Å². The van der Waals surface area contributed by atoms with Gasteiger partial charge in [-0.3, -0.25) is 4.79 Å². The molecule has 2 rings (SSSR count). The molecular formula is C18H25NO5. The molecule has 24 heavy (non-hydrogen) atoms. The standard InChI is InChI=1S/C18H25NO5/c1-19(13-8-5-4-6-9-13)16(20)12-24-18(21)14-10-7-11-15(22-2)17(14)23-3/h7,10-11,13H,4-6,8-9,12H2,1-3H3. The van der Waals surface area contributed by atoms with E-state index >= 15 is 0 Å². The second-order valence-corrected chi connectivity index (χ2v) is 5.91. The number of ether oxygens (including phenoxy) is 3. The molecular weight excluding hydrogens is 310 g/mol. The largest absolute Gasteiger partial charge is 0.493 e. The van der Waals surface area contributed by atoms with Gasteiger partial charge in [0, 0.05) is 13.1 Å². The molecule has 0 unspecified atom stereocenters. The molecule has 0 aliphatic heterocycles. The van der Waals surface area contributed by atoms with Crippen molar-refractivity contribution in [3.8, 4) is 11.5 Å². The first-order valence-corrected chi connectivity index (χ1v) is 8.22. The highest BCUT2D eigenvalue weighted by atomic mass is 16.5. The lowest BCUT2D eigenvalue weighted by Crippen LogP contribution is -2.40. The van der Waals surface area contributed by atoms with Gasteiger partial charge in [-0.15, -0.1) is 0 Å². The first-order valence-electron chi connectivity index (χ1n) is 8.22. The SMILES string of the molecule is COc1cccc(C(=O)OCC(=O)N(C)C2CCCCC2)c1OC. The summed E-state index contributed by atoms with van der Waals surface area (Å²) in [6.07, 6.45) is 5.54. The molecule has 0 radical (unpaired) electrons. The molecule has 1 aliphatic carbocycles. The molecule has 0 heterocycles. The van der Waals surface area contributed by atoms with Crippen LogP contribution in [-0.4, -0.2) is 50.7 Å². The van der Waals surface area contributed by atoms with Crippen molar-refractivity contribution in [1.29, 1.82) is 0 Å². The third-order valence-corrected chi connectivity index (χ3v) is 4.47. The van der Waals surface area contributed by atoms with Crippen LogP contribution in [0.1, 0.15) is 42.5 Å². The Balaban J connectivity index is 1.96. The van der Waals surface area contributed by atoms with Crippen LogP contribution in [0.5, 0.6) is 11.5 Å². The van der Waals surface area contributed by atoms with Crippen LogP contribution in [-0.2, 0) is 9.53 Å². The Bertz CT molecular complexity index is 581. The summed E-state index contributed by atoms with van der Waals surface area (Å²) in [5.41, 5.74) is 0.241. The van der Waals surface area contributed by atoms with Crippen LogP contribution >= 0.6 is 0 Å². The molecule has 0 N–H and O–H groups in total. The molecule has 0 aromatic heterocycles. The van der Waals surface area contributed by atoms with Gasteiger partial charge in [0.2, 0.25) is 0 Å². The quantitative estimate of drug-likeness (QED) is 0.748. The number of methoxy groups -OCH3 is 2. The fraction of sp³-hybridized carbons (Fsp3) is 0.556. The van der Waals surface area contributed by atoms with Crippen molar-refractivity contribution in [2.45, 2.75) is 38.1 Å². The molecule has 1 amide bonds. The normalized spacial score (nSPS) is 14.8. The highest BCUT2D eigenvalue weighted by Gasteiger charge is 2.24. The monoisotopic (exact) mass is 335 g/mol. The minimum Gasteiger partial charge on any atom is -0.493 e. The van der Waals surface area contributed by atoms with Gasteiger partial charge in [0.05, 0.1) is 14.2 Å². The van der Waals surface area contributed by atoms with Gasteiger partial charge in [-0.1, -0.05) is 25.3 Å². The van der Waals surface area contributed by atoms with Gasteiger partial charge in [-0.05, 0) is 25.0 Å². The summed E-state index contributed by atoms with van der Waals surface area (Å²) < 4.78 is 15.6. The van der Waals surface area contributed by atoms with E-state index < -0.39 is 5.97 Å². The van der Waals surface area contributed by atoms with Gasteiger partial charge in [0.1, 0.15) is 5.56 Å². The summed E-state index contributed by atoms with van der Waals surface area (Å²) in [7, 11) is 4.73. The van der Waals surface area contributed by atoms with Crippen molar-refractivity contribution in [3.63, 3.8) is 0 Å². The highest BCUT2D eigenvalue weighted by Crippen LogP contribution is 2.31. The Morgan fingerprint density at radius 1 is 1.12 bits per heavy atom. The molecule has 0 atom stereocenters. The summed E-state index contributed by atoms with van der Waals surface area (Å²) >= 11 is 0. The number of rotatable bonds is 6. The van der Waals surface area contributed by atoms with Crippen LogP contribution in [0.3, 0.4) is 0 Å². The van der Waals surface area contributed by atoms with Crippen molar-refractivity contribution in [2.24, 2.45) is 0 Å².